The van der Waals surface area contributed by atoms with Gasteiger partial charge in [0.15, 0.2) is 0 Å². The monoisotopic (exact) mass is 398 g/mol. The van der Waals surface area contributed by atoms with Crippen molar-refractivity contribution >= 4 is 5.91 Å². The van der Waals surface area contributed by atoms with Crippen molar-refractivity contribution in [2.24, 2.45) is 0 Å². The Hall–Kier alpha value is -2.21. The van der Waals surface area contributed by atoms with Crippen LogP contribution in [0.4, 0.5) is 4.39 Å². The number of nitrogens with zero attached hydrogens (tertiary/aromatic N) is 4. The van der Waals surface area contributed by atoms with Crippen LogP contribution in [0.3, 0.4) is 0 Å². The van der Waals surface area contributed by atoms with Gasteiger partial charge in [0.05, 0.1) is 12.1 Å². The largest absolute Gasteiger partial charge is 0.337 e. The molecule has 0 N–H and O–H groups in total. The molecule has 0 aliphatic carbocycles. The van der Waals surface area contributed by atoms with Crippen LogP contribution in [0.1, 0.15) is 56.6 Å². The SMILES string of the molecule is C[C@@H](CC(=O)N1CCCCC[C@@H]2[C@@H]1[C@H](c1cccc(F)c1)CN2C)n1cccn1. The Morgan fingerprint density at radius 1 is 1.28 bits per heavy atom. The van der Waals surface area contributed by atoms with Gasteiger partial charge in [0, 0.05) is 43.9 Å². The summed E-state index contributed by atoms with van der Waals surface area (Å²) in [7, 11) is 2.15. The topological polar surface area (TPSA) is 41.4 Å². The molecule has 4 rings (SSSR count). The number of fused-ring (bicyclic) bond motifs is 1. The quantitative estimate of drug-likeness (QED) is 0.786. The predicted molar refractivity (Wildman–Crippen MR) is 111 cm³/mol. The van der Waals surface area contributed by atoms with E-state index in [2.05, 4.69) is 21.9 Å². The Morgan fingerprint density at radius 3 is 2.90 bits per heavy atom. The zero-order valence-electron chi connectivity index (χ0n) is 17.4. The van der Waals surface area contributed by atoms with Crippen LogP contribution in [0.25, 0.3) is 0 Å². The van der Waals surface area contributed by atoms with E-state index < -0.39 is 0 Å². The minimum Gasteiger partial charge on any atom is -0.337 e. The summed E-state index contributed by atoms with van der Waals surface area (Å²) < 4.78 is 15.8. The first-order valence-corrected chi connectivity index (χ1v) is 10.8. The van der Waals surface area contributed by atoms with Crippen molar-refractivity contribution in [2.75, 3.05) is 20.1 Å². The minimum absolute atomic E-state index is 0.0214. The van der Waals surface area contributed by atoms with Crippen molar-refractivity contribution in [1.29, 1.82) is 0 Å². The van der Waals surface area contributed by atoms with Crippen molar-refractivity contribution in [3.8, 4) is 0 Å². The number of carbonyl (C=O) groups is 1. The Kier molecular flexibility index (Phi) is 5.99. The number of likely N-dealkylation sites (tertiary alicyclic amines) is 2. The molecule has 6 heteroatoms. The molecular formula is C23H31FN4O. The molecule has 156 valence electrons. The average molecular weight is 399 g/mol. The molecule has 2 aromatic rings. The average Bonchev–Trinajstić information content (AvgIpc) is 3.30. The van der Waals surface area contributed by atoms with Crippen molar-refractivity contribution in [3.05, 3.63) is 54.1 Å². The van der Waals surface area contributed by atoms with Gasteiger partial charge in [0.25, 0.3) is 0 Å². The number of benzene rings is 1. The molecule has 0 radical (unpaired) electrons. The van der Waals surface area contributed by atoms with E-state index >= 15 is 0 Å². The zero-order valence-corrected chi connectivity index (χ0v) is 17.4. The summed E-state index contributed by atoms with van der Waals surface area (Å²) in [6, 6.07) is 9.27. The van der Waals surface area contributed by atoms with E-state index in [9.17, 15) is 9.18 Å². The molecule has 3 heterocycles. The Labute approximate surface area is 172 Å². The first-order valence-electron chi connectivity index (χ1n) is 10.8. The van der Waals surface area contributed by atoms with Crippen LogP contribution in [-0.2, 0) is 4.79 Å². The van der Waals surface area contributed by atoms with E-state index in [0.717, 1.165) is 37.9 Å². The fraction of sp³-hybridized carbons (Fsp3) is 0.565. The Balaban J connectivity index is 1.62. The fourth-order valence-electron chi connectivity index (χ4n) is 5.20. The number of hydrogen-bond acceptors (Lipinski definition) is 3. The van der Waals surface area contributed by atoms with Gasteiger partial charge in [0.1, 0.15) is 5.82 Å². The van der Waals surface area contributed by atoms with Gasteiger partial charge < -0.3 is 9.80 Å². The highest BCUT2D eigenvalue weighted by Gasteiger charge is 2.45. The van der Waals surface area contributed by atoms with Crippen LogP contribution in [0.2, 0.25) is 0 Å². The van der Waals surface area contributed by atoms with Crippen molar-refractivity contribution < 1.29 is 9.18 Å². The number of amides is 1. The summed E-state index contributed by atoms with van der Waals surface area (Å²) in [6.45, 7) is 3.68. The molecule has 2 aliphatic heterocycles. The molecule has 0 saturated carbocycles. The van der Waals surface area contributed by atoms with Crippen LogP contribution in [0.5, 0.6) is 0 Å². The molecule has 2 aliphatic rings. The molecule has 29 heavy (non-hydrogen) atoms. The van der Waals surface area contributed by atoms with Crippen LogP contribution in [0, 0.1) is 5.82 Å². The van der Waals surface area contributed by atoms with E-state index in [4.69, 9.17) is 0 Å². The van der Waals surface area contributed by atoms with E-state index in [-0.39, 0.29) is 29.7 Å². The zero-order chi connectivity index (χ0) is 20.4. The van der Waals surface area contributed by atoms with E-state index in [1.54, 1.807) is 18.3 Å². The summed E-state index contributed by atoms with van der Waals surface area (Å²) >= 11 is 0. The molecule has 2 saturated heterocycles. The third-order valence-corrected chi connectivity index (χ3v) is 6.66. The van der Waals surface area contributed by atoms with Gasteiger partial charge in [-0.1, -0.05) is 25.0 Å². The number of halogens is 1. The first-order chi connectivity index (χ1) is 14.0. The lowest BCUT2D eigenvalue weighted by Gasteiger charge is -2.39. The van der Waals surface area contributed by atoms with E-state index in [1.165, 1.54) is 12.5 Å². The normalized spacial score (nSPS) is 26.6. The maximum absolute atomic E-state index is 14.0. The fourth-order valence-corrected chi connectivity index (χ4v) is 5.20. The minimum atomic E-state index is -0.204. The molecule has 1 amide bonds. The Morgan fingerprint density at radius 2 is 2.14 bits per heavy atom. The van der Waals surface area contributed by atoms with Gasteiger partial charge in [-0.25, -0.2) is 4.39 Å². The molecule has 5 nitrogen and oxygen atoms in total. The van der Waals surface area contributed by atoms with Crippen LogP contribution < -0.4 is 0 Å². The van der Waals surface area contributed by atoms with Gasteiger partial charge >= 0.3 is 0 Å². The highest BCUT2D eigenvalue weighted by atomic mass is 19.1. The number of rotatable bonds is 4. The van der Waals surface area contributed by atoms with Crippen LogP contribution in [-0.4, -0.2) is 57.7 Å². The van der Waals surface area contributed by atoms with E-state index in [1.807, 2.05) is 29.9 Å². The number of likely N-dealkylation sites (N-methyl/N-ethyl adjacent to an activating group) is 1. The smallest absolute Gasteiger partial charge is 0.225 e. The molecule has 4 atom stereocenters. The van der Waals surface area contributed by atoms with E-state index in [0.29, 0.717) is 12.5 Å². The van der Waals surface area contributed by atoms with Gasteiger partial charge in [-0.3, -0.25) is 9.48 Å². The molecule has 0 spiro atoms. The van der Waals surface area contributed by atoms with Crippen LogP contribution >= 0.6 is 0 Å². The third kappa shape index (κ3) is 4.22. The predicted octanol–water partition coefficient (Wildman–Crippen LogP) is 3.84. The molecule has 1 aromatic carbocycles. The van der Waals surface area contributed by atoms with Crippen molar-refractivity contribution in [2.45, 2.75) is 63.1 Å². The summed E-state index contributed by atoms with van der Waals surface area (Å²) in [5, 5.41) is 4.29. The lowest BCUT2D eigenvalue weighted by atomic mass is 9.86. The third-order valence-electron chi connectivity index (χ3n) is 6.66. The Bertz CT molecular complexity index is 824. The maximum Gasteiger partial charge on any atom is 0.225 e. The second-order valence-electron chi connectivity index (χ2n) is 8.63. The molecular weight excluding hydrogens is 367 g/mol. The number of carbonyl (C=O) groups excluding carboxylic acids is 1. The second-order valence-corrected chi connectivity index (χ2v) is 8.63. The number of aromatic nitrogens is 2. The molecule has 0 unspecified atom stereocenters. The summed E-state index contributed by atoms with van der Waals surface area (Å²) in [4.78, 5) is 17.9. The van der Waals surface area contributed by atoms with Gasteiger partial charge in [-0.2, -0.15) is 5.10 Å². The lowest BCUT2D eigenvalue weighted by Crippen LogP contribution is -2.50. The van der Waals surface area contributed by atoms with Crippen molar-refractivity contribution in [1.82, 2.24) is 19.6 Å². The van der Waals surface area contributed by atoms with Gasteiger partial charge in [0.2, 0.25) is 5.91 Å². The lowest BCUT2D eigenvalue weighted by molar-refractivity contribution is -0.135. The molecule has 2 fully saturated rings. The number of hydrogen-bond donors (Lipinski definition) is 0. The standard InChI is InChI=1S/C23H31FN4O/c1-17(28-13-7-11-25-28)14-22(29)27-12-5-3-4-10-21-23(27)20(16-26(21)2)18-8-6-9-19(24)15-18/h6-9,11,13,15,17,20-21,23H,3-5,10,12,14,16H2,1-2H3/t17-,20-,21+,23-/m0/s1. The van der Waals surface area contributed by atoms with Gasteiger partial charge in [-0.15, -0.1) is 0 Å². The van der Waals surface area contributed by atoms with Crippen molar-refractivity contribution in [3.63, 3.8) is 0 Å². The maximum atomic E-state index is 14.0. The first kappa shape index (κ1) is 20.1. The van der Waals surface area contributed by atoms with Crippen LogP contribution in [0.15, 0.2) is 42.7 Å². The molecule has 1 aromatic heterocycles. The molecule has 0 bridgehead atoms. The highest BCUT2D eigenvalue weighted by molar-refractivity contribution is 5.77. The summed E-state index contributed by atoms with van der Waals surface area (Å²) in [5.41, 5.74) is 1.00. The second kappa shape index (κ2) is 8.66. The van der Waals surface area contributed by atoms with Gasteiger partial charge in [-0.05, 0) is 50.6 Å². The summed E-state index contributed by atoms with van der Waals surface area (Å²) in [6.07, 6.45) is 8.56. The summed E-state index contributed by atoms with van der Waals surface area (Å²) in [5.74, 6) is 0.119. The highest BCUT2D eigenvalue weighted by Crippen LogP contribution is 2.39.